The number of carbonyl (C=O) groups excluding carboxylic acids is 1. The summed E-state index contributed by atoms with van der Waals surface area (Å²) >= 11 is 0. The summed E-state index contributed by atoms with van der Waals surface area (Å²) in [5.74, 6) is 0.543. The third-order valence-electron chi connectivity index (χ3n) is 2.50. The van der Waals surface area contributed by atoms with Crippen molar-refractivity contribution < 1.29 is 9.00 Å². The van der Waals surface area contributed by atoms with E-state index in [1.165, 1.54) is 0 Å². The highest BCUT2D eigenvalue weighted by atomic mass is 32.2. The predicted octanol–water partition coefficient (Wildman–Crippen LogP) is 0.646. The SMILES string of the molecule is CC(CN)CS(=O)CC(=O)NCc1ccccc1. The van der Waals surface area contributed by atoms with Crippen LogP contribution in [0.4, 0.5) is 0 Å². The van der Waals surface area contributed by atoms with E-state index in [0.29, 0.717) is 18.8 Å². The summed E-state index contributed by atoms with van der Waals surface area (Å²) in [4.78, 5) is 11.6. The van der Waals surface area contributed by atoms with Crippen LogP contribution in [0.2, 0.25) is 0 Å². The molecular weight excluding hydrogens is 248 g/mol. The zero-order valence-corrected chi connectivity index (χ0v) is 11.4. The second-order valence-corrected chi connectivity index (χ2v) is 5.86. The first-order valence-electron chi connectivity index (χ1n) is 5.97. The first kappa shape index (κ1) is 14.9. The minimum Gasteiger partial charge on any atom is -0.351 e. The third kappa shape index (κ3) is 5.93. The summed E-state index contributed by atoms with van der Waals surface area (Å²) in [6.45, 7) is 2.90. The Morgan fingerprint density at radius 1 is 1.39 bits per heavy atom. The molecule has 3 N–H and O–H groups in total. The molecule has 2 unspecified atom stereocenters. The van der Waals surface area contributed by atoms with E-state index in [1.807, 2.05) is 37.3 Å². The van der Waals surface area contributed by atoms with Crippen molar-refractivity contribution >= 4 is 16.7 Å². The predicted molar refractivity (Wildman–Crippen MR) is 74.4 cm³/mol. The Kier molecular flexibility index (Phi) is 6.60. The fraction of sp³-hybridized carbons (Fsp3) is 0.462. The largest absolute Gasteiger partial charge is 0.351 e. The molecule has 0 bridgehead atoms. The van der Waals surface area contributed by atoms with Crippen LogP contribution in [0, 0.1) is 5.92 Å². The van der Waals surface area contributed by atoms with Gasteiger partial charge in [0.25, 0.3) is 0 Å². The second kappa shape index (κ2) is 8.00. The number of hydrogen-bond acceptors (Lipinski definition) is 3. The molecule has 0 saturated carbocycles. The average molecular weight is 268 g/mol. The molecule has 18 heavy (non-hydrogen) atoms. The molecule has 100 valence electrons. The third-order valence-corrected chi connectivity index (χ3v) is 4.02. The number of nitrogens with two attached hydrogens (primary N) is 1. The van der Waals surface area contributed by atoms with Gasteiger partial charge in [-0.15, -0.1) is 0 Å². The lowest BCUT2D eigenvalue weighted by atomic mass is 10.2. The van der Waals surface area contributed by atoms with Crippen LogP contribution in [-0.4, -0.2) is 28.2 Å². The minimum atomic E-state index is -1.13. The van der Waals surface area contributed by atoms with Crippen LogP contribution < -0.4 is 11.1 Å². The van der Waals surface area contributed by atoms with Crippen molar-refractivity contribution in [2.75, 3.05) is 18.1 Å². The molecule has 1 aromatic rings. The highest BCUT2D eigenvalue weighted by molar-refractivity contribution is 7.85. The van der Waals surface area contributed by atoms with Crippen molar-refractivity contribution in [3.05, 3.63) is 35.9 Å². The Labute approximate surface area is 110 Å². The summed E-state index contributed by atoms with van der Waals surface area (Å²) in [6, 6.07) is 9.64. The molecule has 2 atom stereocenters. The van der Waals surface area contributed by atoms with Gasteiger partial charge < -0.3 is 11.1 Å². The van der Waals surface area contributed by atoms with Gasteiger partial charge >= 0.3 is 0 Å². The van der Waals surface area contributed by atoms with Gasteiger partial charge in [0, 0.05) is 23.1 Å². The van der Waals surface area contributed by atoms with Gasteiger partial charge in [0.1, 0.15) is 5.75 Å². The second-order valence-electron chi connectivity index (χ2n) is 4.35. The van der Waals surface area contributed by atoms with Crippen molar-refractivity contribution in [2.45, 2.75) is 13.5 Å². The quantitative estimate of drug-likeness (QED) is 0.762. The number of amides is 1. The Balaban J connectivity index is 2.27. The van der Waals surface area contributed by atoms with Gasteiger partial charge in [-0.1, -0.05) is 37.3 Å². The van der Waals surface area contributed by atoms with Crippen molar-refractivity contribution in [1.29, 1.82) is 0 Å². The van der Waals surface area contributed by atoms with E-state index < -0.39 is 10.8 Å². The maximum Gasteiger partial charge on any atom is 0.232 e. The fourth-order valence-corrected chi connectivity index (χ4v) is 2.72. The van der Waals surface area contributed by atoms with E-state index in [2.05, 4.69) is 5.32 Å². The van der Waals surface area contributed by atoms with Crippen LogP contribution in [0.25, 0.3) is 0 Å². The summed E-state index contributed by atoms with van der Waals surface area (Å²) in [6.07, 6.45) is 0. The van der Waals surface area contributed by atoms with Gasteiger partial charge in [-0.25, -0.2) is 0 Å². The Hall–Kier alpha value is -1.20. The highest BCUT2D eigenvalue weighted by Gasteiger charge is 2.10. The first-order chi connectivity index (χ1) is 8.61. The molecule has 0 saturated heterocycles. The Morgan fingerprint density at radius 2 is 2.06 bits per heavy atom. The number of carbonyl (C=O) groups is 1. The molecule has 0 fully saturated rings. The molecule has 4 nitrogen and oxygen atoms in total. The molecule has 0 aliphatic heterocycles. The van der Waals surface area contributed by atoms with E-state index in [0.717, 1.165) is 5.56 Å². The van der Waals surface area contributed by atoms with E-state index in [-0.39, 0.29) is 17.6 Å². The molecule has 1 rings (SSSR count). The fourth-order valence-electron chi connectivity index (χ4n) is 1.44. The average Bonchev–Trinajstić information content (AvgIpc) is 2.37. The lowest BCUT2D eigenvalue weighted by Crippen LogP contribution is -2.30. The van der Waals surface area contributed by atoms with Gasteiger partial charge in [0.15, 0.2) is 0 Å². The zero-order chi connectivity index (χ0) is 13.4. The van der Waals surface area contributed by atoms with Crippen molar-refractivity contribution in [3.8, 4) is 0 Å². The first-order valence-corrected chi connectivity index (χ1v) is 7.46. The Morgan fingerprint density at radius 3 is 2.67 bits per heavy atom. The highest BCUT2D eigenvalue weighted by Crippen LogP contribution is 1.98. The topological polar surface area (TPSA) is 72.2 Å². The maximum absolute atomic E-state index is 11.6. The lowest BCUT2D eigenvalue weighted by molar-refractivity contribution is -0.118. The summed E-state index contributed by atoms with van der Waals surface area (Å²) in [5, 5.41) is 2.76. The molecule has 0 aliphatic carbocycles. The van der Waals surface area contributed by atoms with Crippen molar-refractivity contribution in [3.63, 3.8) is 0 Å². The van der Waals surface area contributed by atoms with Gasteiger partial charge in [0.2, 0.25) is 5.91 Å². The number of hydrogen-bond donors (Lipinski definition) is 2. The number of rotatable bonds is 7. The number of nitrogens with one attached hydrogen (secondary N) is 1. The number of benzene rings is 1. The molecule has 0 heterocycles. The monoisotopic (exact) mass is 268 g/mol. The van der Waals surface area contributed by atoms with Crippen LogP contribution in [0.5, 0.6) is 0 Å². The van der Waals surface area contributed by atoms with Crippen LogP contribution in [0.1, 0.15) is 12.5 Å². The van der Waals surface area contributed by atoms with Crippen molar-refractivity contribution in [2.24, 2.45) is 11.7 Å². The standard InChI is InChI=1S/C13H20N2O2S/c1-11(7-14)9-18(17)10-13(16)15-8-12-5-3-2-4-6-12/h2-6,11H,7-10,14H2,1H3,(H,15,16). The molecule has 0 aromatic heterocycles. The molecule has 1 amide bonds. The van der Waals surface area contributed by atoms with E-state index in [1.54, 1.807) is 0 Å². The van der Waals surface area contributed by atoms with E-state index in [4.69, 9.17) is 5.73 Å². The normalized spacial score (nSPS) is 13.9. The van der Waals surface area contributed by atoms with E-state index in [9.17, 15) is 9.00 Å². The smallest absolute Gasteiger partial charge is 0.232 e. The minimum absolute atomic E-state index is 0.0528. The molecule has 0 spiro atoms. The van der Waals surface area contributed by atoms with Crippen LogP contribution >= 0.6 is 0 Å². The van der Waals surface area contributed by atoms with Crippen LogP contribution in [0.15, 0.2) is 30.3 Å². The van der Waals surface area contributed by atoms with E-state index >= 15 is 0 Å². The molecule has 1 aromatic carbocycles. The molecule has 5 heteroatoms. The molecular formula is C13H20N2O2S. The lowest BCUT2D eigenvalue weighted by Gasteiger charge is -2.08. The summed E-state index contributed by atoms with van der Waals surface area (Å²) in [5.41, 5.74) is 6.49. The maximum atomic E-state index is 11.6. The van der Waals surface area contributed by atoms with Gasteiger partial charge in [-0.3, -0.25) is 9.00 Å². The molecule has 0 radical (unpaired) electrons. The van der Waals surface area contributed by atoms with Crippen LogP contribution in [-0.2, 0) is 22.1 Å². The van der Waals surface area contributed by atoms with Gasteiger partial charge in [-0.2, -0.15) is 0 Å². The summed E-state index contributed by atoms with van der Waals surface area (Å²) in [7, 11) is -1.13. The van der Waals surface area contributed by atoms with Crippen molar-refractivity contribution in [1.82, 2.24) is 5.32 Å². The van der Waals surface area contributed by atoms with Crippen LogP contribution in [0.3, 0.4) is 0 Å². The Bertz CT molecular complexity index is 395. The molecule has 0 aliphatic rings. The summed E-state index contributed by atoms with van der Waals surface area (Å²) < 4.78 is 11.6. The van der Waals surface area contributed by atoms with Gasteiger partial charge in [-0.05, 0) is 18.0 Å². The van der Waals surface area contributed by atoms with Gasteiger partial charge in [0.05, 0.1) is 0 Å². The zero-order valence-electron chi connectivity index (χ0n) is 10.6.